The van der Waals surface area contributed by atoms with Crippen LogP contribution in [-0.4, -0.2) is 27.7 Å². The molecule has 72 valence electrons. The third kappa shape index (κ3) is 0.862. The average molecular weight is 294 g/mol. The van der Waals surface area contributed by atoms with Crippen molar-refractivity contribution in [2.75, 3.05) is 6.61 Å². The van der Waals surface area contributed by atoms with Gasteiger partial charge in [-0.1, -0.05) is 22.6 Å². The van der Waals surface area contributed by atoms with E-state index >= 15 is 0 Å². The first-order valence-corrected chi connectivity index (χ1v) is 5.94. The summed E-state index contributed by atoms with van der Waals surface area (Å²) in [7, 11) is 0. The second-order valence-corrected chi connectivity index (χ2v) is 5.72. The van der Waals surface area contributed by atoms with Gasteiger partial charge in [0.1, 0.15) is 6.10 Å². The third-order valence-electron chi connectivity index (χ3n) is 3.90. The van der Waals surface area contributed by atoms with Crippen molar-refractivity contribution in [1.82, 2.24) is 0 Å². The Morgan fingerprint density at radius 1 is 1.54 bits per heavy atom. The molecule has 0 aromatic carbocycles. The Labute approximate surface area is 90.0 Å². The standard InChI is InChI=1S/C9H11IO3/c10-7-3-1-4-6(5(3)2-11)9(12)13-8(4)7/h3-8,11H,1-2H2/t3-,4+,5-,6+,7-,8-/m0/s1. The highest BCUT2D eigenvalue weighted by molar-refractivity contribution is 14.1. The van der Waals surface area contributed by atoms with Crippen LogP contribution in [0.25, 0.3) is 0 Å². The van der Waals surface area contributed by atoms with Gasteiger partial charge in [0.05, 0.1) is 9.84 Å². The molecule has 2 aliphatic carbocycles. The first kappa shape index (κ1) is 8.47. The highest BCUT2D eigenvalue weighted by Crippen LogP contribution is 2.59. The first-order chi connectivity index (χ1) is 6.24. The van der Waals surface area contributed by atoms with E-state index in [0.29, 0.717) is 15.8 Å². The van der Waals surface area contributed by atoms with Crippen molar-refractivity contribution in [2.45, 2.75) is 16.4 Å². The number of hydrogen-bond donors (Lipinski definition) is 1. The summed E-state index contributed by atoms with van der Waals surface area (Å²) in [6, 6.07) is 0. The molecule has 0 aromatic rings. The lowest BCUT2D eigenvalue weighted by molar-refractivity contribution is -0.144. The molecule has 0 spiro atoms. The predicted octanol–water partition coefficient (Wildman–Crippen LogP) is 0.590. The van der Waals surface area contributed by atoms with Gasteiger partial charge in [-0.05, 0) is 18.3 Å². The van der Waals surface area contributed by atoms with Gasteiger partial charge < -0.3 is 9.84 Å². The summed E-state index contributed by atoms with van der Waals surface area (Å²) in [5, 5.41) is 9.23. The Kier molecular flexibility index (Phi) is 1.69. The molecule has 4 heteroatoms. The van der Waals surface area contributed by atoms with E-state index in [2.05, 4.69) is 22.6 Å². The van der Waals surface area contributed by atoms with Crippen molar-refractivity contribution >= 4 is 28.6 Å². The Morgan fingerprint density at radius 3 is 3.00 bits per heavy atom. The van der Waals surface area contributed by atoms with E-state index in [-0.39, 0.29) is 30.5 Å². The Balaban J connectivity index is 2.01. The van der Waals surface area contributed by atoms with Crippen LogP contribution in [-0.2, 0) is 9.53 Å². The number of rotatable bonds is 1. The third-order valence-corrected chi connectivity index (χ3v) is 5.53. The molecule has 3 aliphatic rings. The van der Waals surface area contributed by atoms with Crippen LogP contribution in [0.5, 0.6) is 0 Å². The van der Waals surface area contributed by atoms with Gasteiger partial charge in [-0.3, -0.25) is 4.79 Å². The van der Waals surface area contributed by atoms with E-state index < -0.39 is 0 Å². The number of carbonyl (C=O) groups excluding carboxylic acids is 1. The zero-order valence-electron chi connectivity index (χ0n) is 7.02. The lowest BCUT2D eigenvalue weighted by Crippen LogP contribution is -2.35. The number of aliphatic hydroxyl groups is 1. The monoisotopic (exact) mass is 294 g/mol. The maximum absolute atomic E-state index is 11.5. The van der Waals surface area contributed by atoms with Crippen LogP contribution < -0.4 is 0 Å². The fraction of sp³-hybridized carbons (Fsp3) is 0.889. The maximum atomic E-state index is 11.5. The second kappa shape index (κ2) is 2.59. The minimum atomic E-state index is -0.0595. The van der Waals surface area contributed by atoms with Crippen LogP contribution in [0.2, 0.25) is 0 Å². The number of aliphatic hydroxyl groups excluding tert-OH is 1. The van der Waals surface area contributed by atoms with Crippen LogP contribution in [0.15, 0.2) is 0 Å². The molecule has 3 rings (SSSR count). The number of alkyl halides is 1. The SMILES string of the molecule is O=C1O[C@@H]2[C@@H](I)[C@H]3C[C@@H]2[C@@H]1[C@H]3CO. The fourth-order valence-electron chi connectivity index (χ4n) is 3.37. The smallest absolute Gasteiger partial charge is 0.310 e. The van der Waals surface area contributed by atoms with Gasteiger partial charge >= 0.3 is 5.97 Å². The minimum absolute atomic E-state index is 0.0195. The Hall–Kier alpha value is 0.160. The lowest BCUT2D eigenvalue weighted by atomic mass is 9.80. The summed E-state index contributed by atoms with van der Waals surface area (Å²) >= 11 is 2.37. The van der Waals surface area contributed by atoms with E-state index in [0.717, 1.165) is 6.42 Å². The average Bonchev–Trinajstić information content (AvgIpc) is 2.68. The van der Waals surface area contributed by atoms with Crippen molar-refractivity contribution in [3.05, 3.63) is 0 Å². The first-order valence-electron chi connectivity index (χ1n) is 4.69. The van der Waals surface area contributed by atoms with E-state index in [1.54, 1.807) is 0 Å². The van der Waals surface area contributed by atoms with Gasteiger partial charge in [-0.25, -0.2) is 0 Å². The molecule has 2 saturated carbocycles. The summed E-state index contributed by atoms with van der Waals surface area (Å²) in [6.07, 6.45) is 1.24. The van der Waals surface area contributed by atoms with Crippen molar-refractivity contribution in [2.24, 2.45) is 23.7 Å². The molecule has 6 atom stereocenters. The van der Waals surface area contributed by atoms with Crippen LogP contribution in [0.4, 0.5) is 0 Å². The summed E-state index contributed by atoms with van der Waals surface area (Å²) in [5.74, 6) is 1.06. The second-order valence-electron chi connectivity index (χ2n) is 4.28. The molecular formula is C9H11IO3. The molecule has 2 bridgehead atoms. The van der Waals surface area contributed by atoms with Gasteiger partial charge in [0.15, 0.2) is 0 Å². The van der Waals surface area contributed by atoms with Gasteiger partial charge in [-0.15, -0.1) is 0 Å². The van der Waals surface area contributed by atoms with E-state index in [1.165, 1.54) is 0 Å². The number of esters is 1. The highest BCUT2D eigenvalue weighted by Gasteiger charge is 2.65. The van der Waals surface area contributed by atoms with Crippen LogP contribution in [0.1, 0.15) is 6.42 Å². The zero-order chi connectivity index (χ0) is 9.16. The molecule has 0 unspecified atom stereocenters. The molecule has 1 aliphatic heterocycles. The van der Waals surface area contributed by atoms with Crippen molar-refractivity contribution in [1.29, 1.82) is 0 Å². The van der Waals surface area contributed by atoms with Crippen LogP contribution in [0.3, 0.4) is 0 Å². The number of hydrogen-bond acceptors (Lipinski definition) is 3. The molecule has 3 nitrogen and oxygen atoms in total. The summed E-state index contributed by atoms with van der Waals surface area (Å²) in [4.78, 5) is 11.5. The number of fused-ring (bicyclic) bond motifs is 1. The van der Waals surface area contributed by atoms with E-state index in [9.17, 15) is 9.90 Å². The quantitative estimate of drug-likeness (QED) is 0.437. The van der Waals surface area contributed by atoms with E-state index in [4.69, 9.17) is 4.74 Å². The highest BCUT2D eigenvalue weighted by atomic mass is 127. The minimum Gasteiger partial charge on any atom is -0.461 e. The predicted molar refractivity (Wildman–Crippen MR) is 53.4 cm³/mol. The van der Waals surface area contributed by atoms with Gasteiger partial charge in [0, 0.05) is 12.5 Å². The van der Waals surface area contributed by atoms with Gasteiger partial charge in [-0.2, -0.15) is 0 Å². The summed E-state index contributed by atoms with van der Waals surface area (Å²) < 4.78 is 5.76. The molecular weight excluding hydrogens is 283 g/mol. The van der Waals surface area contributed by atoms with Crippen molar-refractivity contribution in [3.8, 4) is 0 Å². The molecule has 13 heavy (non-hydrogen) atoms. The fourth-order valence-corrected chi connectivity index (χ4v) is 4.87. The molecule has 1 heterocycles. The Bertz CT molecular complexity index is 268. The molecule has 0 amide bonds. The molecule has 0 aromatic heterocycles. The van der Waals surface area contributed by atoms with Crippen LogP contribution >= 0.6 is 22.6 Å². The van der Waals surface area contributed by atoms with Crippen LogP contribution in [0, 0.1) is 23.7 Å². The maximum Gasteiger partial charge on any atom is 0.310 e. The summed E-state index contributed by atoms with van der Waals surface area (Å²) in [6.45, 7) is 0.146. The normalized spacial score (nSPS) is 57.2. The zero-order valence-corrected chi connectivity index (χ0v) is 9.18. The number of ether oxygens (including phenoxy) is 1. The Morgan fingerprint density at radius 2 is 2.31 bits per heavy atom. The molecule has 0 radical (unpaired) electrons. The largest absolute Gasteiger partial charge is 0.461 e. The number of halogens is 1. The topological polar surface area (TPSA) is 46.5 Å². The van der Waals surface area contributed by atoms with Gasteiger partial charge in [0.25, 0.3) is 0 Å². The van der Waals surface area contributed by atoms with Crippen molar-refractivity contribution < 1.29 is 14.6 Å². The molecule has 1 N–H and O–H groups in total. The number of carbonyl (C=O) groups is 1. The van der Waals surface area contributed by atoms with Crippen molar-refractivity contribution in [3.63, 3.8) is 0 Å². The van der Waals surface area contributed by atoms with Gasteiger partial charge in [0.2, 0.25) is 0 Å². The summed E-state index contributed by atoms with van der Waals surface area (Å²) in [5.41, 5.74) is 0. The molecule has 1 saturated heterocycles. The lowest BCUT2D eigenvalue weighted by Gasteiger charge is -2.26. The van der Waals surface area contributed by atoms with E-state index in [1.807, 2.05) is 0 Å². The molecule has 3 fully saturated rings.